The Morgan fingerprint density at radius 3 is 2.24 bits per heavy atom. The van der Waals surface area contributed by atoms with E-state index in [4.69, 9.17) is 5.73 Å². The van der Waals surface area contributed by atoms with E-state index in [0.29, 0.717) is 18.8 Å². The van der Waals surface area contributed by atoms with Crippen LogP contribution in [0.4, 0.5) is 0 Å². The maximum absolute atomic E-state index is 11.7. The van der Waals surface area contributed by atoms with Gasteiger partial charge in [0.1, 0.15) is 6.04 Å². The van der Waals surface area contributed by atoms with Gasteiger partial charge in [0.05, 0.1) is 6.04 Å². The van der Waals surface area contributed by atoms with E-state index in [0.717, 1.165) is 6.42 Å². The third kappa shape index (κ3) is 6.26. The largest absolute Gasteiger partial charge is 0.357 e. The first-order valence-corrected chi connectivity index (χ1v) is 6.19. The molecule has 0 bridgehead atoms. The molecule has 0 aromatic carbocycles. The quantitative estimate of drug-likeness (QED) is 0.605. The Morgan fingerprint density at radius 1 is 1.24 bits per heavy atom. The van der Waals surface area contributed by atoms with Gasteiger partial charge in [-0.25, -0.2) is 0 Å². The predicted octanol–water partition coefficient (Wildman–Crippen LogP) is 0.391. The summed E-state index contributed by atoms with van der Waals surface area (Å²) in [6.07, 6.45) is 2.10. The van der Waals surface area contributed by atoms with Crippen molar-refractivity contribution < 1.29 is 9.59 Å². The number of rotatable bonds is 7. The van der Waals surface area contributed by atoms with Crippen molar-refractivity contribution in [2.24, 2.45) is 11.7 Å². The van der Waals surface area contributed by atoms with Gasteiger partial charge in [-0.3, -0.25) is 9.59 Å². The second-order valence-corrected chi connectivity index (χ2v) is 4.70. The van der Waals surface area contributed by atoms with Crippen molar-refractivity contribution in [2.75, 3.05) is 7.05 Å². The van der Waals surface area contributed by atoms with Gasteiger partial charge in [0.15, 0.2) is 0 Å². The molecule has 100 valence electrons. The van der Waals surface area contributed by atoms with E-state index < -0.39 is 12.1 Å². The van der Waals surface area contributed by atoms with Crippen LogP contribution in [0.3, 0.4) is 0 Å². The van der Waals surface area contributed by atoms with E-state index in [1.807, 2.05) is 20.8 Å². The Kier molecular flexibility index (Phi) is 7.54. The summed E-state index contributed by atoms with van der Waals surface area (Å²) in [5, 5.41) is 5.26. The van der Waals surface area contributed by atoms with E-state index in [-0.39, 0.29) is 11.8 Å². The average Bonchev–Trinajstić information content (AvgIpc) is 2.26. The third-order valence-corrected chi connectivity index (χ3v) is 2.52. The third-order valence-electron chi connectivity index (χ3n) is 2.52. The van der Waals surface area contributed by atoms with Gasteiger partial charge < -0.3 is 16.4 Å². The first-order chi connectivity index (χ1) is 7.92. The molecule has 0 aliphatic carbocycles. The summed E-state index contributed by atoms with van der Waals surface area (Å²) < 4.78 is 0. The highest BCUT2D eigenvalue weighted by Gasteiger charge is 2.23. The minimum absolute atomic E-state index is 0.171. The number of carbonyl (C=O) groups excluding carboxylic acids is 2. The molecule has 0 aliphatic heterocycles. The Labute approximate surface area is 104 Å². The number of nitrogens with one attached hydrogen (secondary N) is 2. The summed E-state index contributed by atoms with van der Waals surface area (Å²) in [6.45, 7) is 5.99. The second kappa shape index (κ2) is 8.06. The molecule has 0 fully saturated rings. The summed E-state index contributed by atoms with van der Waals surface area (Å²) in [5.74, 6) is -0.0863. The van der Waals surface area contributed by atoms with Crippen molar-refractivity contribution in [3.05, 3.63) is 0 Å². The van der Waals surface area contributed by atoms with Gasteiger partial charge in [0, 0.05) is 7.05 Å². The van der Waals surface area contributed by atoms with Gasteiger partial charge in [-0.05, 0) is 18.8 Å². The second-order valence-electron chi connectivity index (χ2n) is 4.70. The van der Waals surface area contributed by atoms with E-state index in [1.54, 1.807) is 7.05 Å². The lowest BCUT2D eigenvalue weighted by Gasteiger charge is -2.21. The van der Waals surface area contributed by atoms with E-state index in [1.165, 1.54) is 0 Å². The van der Waals surface area contributed by atoms with Gasteiger partial charge in [0.2, 0.25) is 11.8 Å². The first-order valence-electron chi connectivity index (χ1n) is 6.19. The lowest BCUT2D eigenvalue weighted by molar-refractivity contribution is -0.129. The van der Waals surface area contributed by atoms with Crippen molar-refractivity contribution in [2.45, 2.75) is 52.1 Å². The van der Waals surface area contributed by atoms with Gasteiger partial charge in [-0.2, -0.15) is 0 Å². The molecular weight excluding hydrogens is 218 g/mol. The molecule has 1 unspecified atom stereocenters. The summed E-state index contributed by atoms with van der Waals surface area (Å²) >= 11 is 0. The minimum atomic E-state index is -0.528. The summed E-state index contributed by atoms with van der Waals surface area (Å²) in [5.41, 5.74) is 5.70. The maximum atomic E-state index is 11.7. The maximum Gasteiger partial charge on any atom is 0.242 e. The van der Waals surface area contributed by atoms with Crippen molar-refractivity contribution in [3.8, 4) is 0 Å². The van der Waals surface area contributed by atoms with Crippen LogP contribution in [0.2, 0.25) is 0 Å². The summed E-state index contributed by atoms with van der Waals surface area (Å²) in [4.78, 5) is 23.3. The highest BCUT2D eigenvalue weighted by atomic mass is 16.2. The van der Waals surface area contributed by atoms with Crippen molar-refractivity contribution in [3.63, 3.8) is 0 Å². The first kappa shape index (κ1) is 15.9. The Balaban J connectivity index is 4.42. The molecule has 2 atom stereocenters. The van der Waals surface area contributed by atoms with Gasteiger partial charge in [0.25, 0.3) is 0 Å². The molecule has 0 aromatic heterocycles. The van der Waals surface area contributed by atoms with Gasteiger partial charge in [-0.1, -0.05) is 27.2 Å². The molecule has 0 heterocycles. The molecule has 5 nitrogen and oxygen atoms in total. The topological polar surface area (TPSA) is 84.2 Å². The van der Waals surface area contributed by atoms with Crippen LogP contribution < -0.4 is 16.4 Å². The zero-order valence-corrected chi connectivity index (χ0v) is 11.2. The van der Waals surface area contributed by atoms with Crippen LogP contribution in [0, 0.1) is 5.92 Å². The fourth-order valence-electron chi connectivity index (χ4n) is 1.60. The summed E-state index contributed by atoms with van der Waals surface area (Å²) in [7, 11) is 1.56. The highest BCUT2D eigenvalue weighted by Crippen LogP contribution is 2.05. The van der Waals surface area contributed by atoms with Crippen LogP contribution in [0.1, 0.15) is 40.0 Å². The number of carbonyl (C=O) groups is 2. The number of hydrogen-bond donors (Lipinski definition) is 3. The molecule has 0 spiro atoms. The van der Waals surface area contributed by atoms with Crippen LogP contribution in [0.25, 0.3) is 0 Å². The highest BCUT2D eigenvalue weighted by molar-refractivity contribution is 5.89. The molecule has 0 rings (SSSR count). The van der Waals surface area contributed by atoms with Crippen LogP contribution in [0.5, 0.6) is 0 Å². The van der Waals surface area contributed by atoms with Gasteiger partial charge >= 0.3 is 0 Å². The molecule has 4 N–H and O–H groups in total. The summed E-state index contributed by atoms with van der Waals surface area (Å²) in [6, 6.07) is -1.02. The van der Waals surface area contributed by atoms with Crippen LogP contribution in [-0.4, -0.2) is 30.9 Å². The van der Waals surface area contributed by atoms with Crippen molar-refractivity contribution in [1.29, 1.82) is 0 Å². The normalized spacial score (nSPS) is 14.2. The number of likely N-dealkylation sites (N-methyl/N-ethyl adjacent to an activating group) is 1. The Morgan fingerprint density at radius 2 is 1.82 bits per heavy atom. The molecule has 0 aliphatic rings. The fourth-order valence-corrected chi connectivity index (χ4v) is 1.60. The van der Waals surface area contributed by atoms with Crippen LogP contribution in [0.15, 0.2) is 0 Å². The number of nitrogens with two attached hydrogens (primary N) is 1. The molecule has 17 heavy (non-hydrogen) atoms. The molecule has 0 saturated heterocycles. The zero-order valence-electron chi connectivity index (χ0n) is 11.2. The monoisotopic (exact) mass is 243 g/mol. The van der Waals surface area contributed by atoms with E-state index in [2.05, 4.69) is 10.6 Å². The number of amides is 2. The average molecular weight is 243 g/mol. The molecule has 2 amide bonds. The Bertz CT molecular complexity index is 254. The van der Waals surface area contributed by atoms with Crippen molar-refractivity contribution >= 4 is 11.8 Å². The van der Waals surface area contributed by atoms with Crippen LogP contribution >= 0.6 is 0 Å². The minimum Gasteiger partial charge on any atom is -0.357 e. The van der Waals surface area contributed by atoms with Crippen LogP contribution in [-0.2, 0) is 9.59 Å². The molecule has 0 radical (unpaired) electrons. The predicted molar refractivity (Wildman–Crippen MR) is 68.3 cm³/mol. The molecule has 0 aromatic rings. The standard InChI is InChI=1S/C12H25N3O2/c1-5-6-9(13)11(16)15-10(7-8(2)3)12(17)14-4/h8-10H,5-7,13H2,1-4H3,(H,14,17)(H,15,16)/t9-,10?/m1/s1. The lowest BCUT2D eigenvalue weighted by atomic mass is 10.0. The van der Waals surface area contributed by atoms with Crippen molar-refractivity contribution in [1.82, 2.24) is 10.6 Å². The number of hydrogen-bond acceptors (Lipinski definition) is 3. The molecular formula is C12H25N3O2. The van der Waals surface area contributed by atoms with Gasteiger partial charge in [-0.15, -0.1) is 0 Å². The molecule has 5 heteroatoms. The lowest BCUT2D eigenvalue weighted by Crippen LogP contribution is -2.51. The van der Waals surface area contributed by atoms with E-state index >= 15 is 0 Å². The van der Waals surface area contributed by atoms with E-state index in [9.17, 15) is 9.59 Å². The zero-order chi connectivity index (χ0) is 13.4. The smallest absolute Gasteiger partial charge is 0.242 e. The SMILES string of the molecule is CCC[C@@H](N)C(=O)NC(CC(C)C)C(=O)NC. The fraction of sp³-hybridized carbons (Fsp3) is 0.833. The molecule has 0 saturated carbocycles. The Hall–Kier alpha value is -1.10.